The Morgan fingerprint density at radius 2 is 1.46 bits per heavy atom. The van der Waals surface area contributed by atoms with Gasteiger partial charge in [0.25, 0.3) is 5.91 Å². The third-order valence-electron chi connectivity index (χ3n) is 3.87. The average Bonchev–Trinajstić information content (AvgIpc) is 3.24. The first-order valence-electron chi connectivity index (χ1n) is 8.47. The van der Waals surface area contributed by atoms with Crippen LogP contribution in [0.5, 0.6) is 0 Å². The van der Waals surface area contributed by atoms with Crippen LogP contribution in [0.1, 0.15) is 17.0 Å². The summed E-state index contributed by atoms with van der Waals surface area (Å²) >= 11 is 0. The van der Waals surface area contributed by atoms with Gasteiger partial charge in [-0.05, 0) is 48.5 Å². The van der Waals surface area contributed by atoms with Gasteiger partial charge in [-0.15, -0.1) is 0 Å². The van der Waals surface area contributed by atoms with Crippen LogP contribution in [0.4, 0.5) is 11.4 Å². The summed E-state index contributed by atoms with van der Waals surface area (Å²) in [4.78, 5) is 24.1. The molecule has 3 rings (SSSR count). The van der Waals surface area contributed by atoms with Crippen molar-refractivity contribution in [1.82, 2.24) is 0 Å². The number of carbonyl (C=O) groups is 2. The minimum Gasteiger partial charge on any atom is -0.459 e. The summed E-state index contributed by atoms with van der Waals surface area (Å²) in [5, 5.41) is 5.30. The Bertz CT molecular complexity index is 1040. The van der Waals surface area contributed by atoms with Gasteiger partial charge in [0.15, 0.2) is 15.6 Å². The van der Waals surface area contributed by atoms with Gasteiger partial charge < -0.3 is 15.1 Å². The topological polar surface area (TPSA) is 105 Å². The lowest BCUT2D eigenvalue weighted by Crippen LogP contribution is -2.17. The number of carbonyl (C=O) groups excluding carboxylic acids is 2. The normalized spacial score (nSPS) is 11.0. The van der Waals surface area contributed by atoms with Crippen molar-refractivity contribution < 1.29 is 22.4 Å². The zero-order chi connectivity index (χ0) is 20.0. The maximum Gasteiger partial charge on any atom is 0.291 e. The van der Waals surface area contributed by atoms with Gasteiger partial charge in [0, 0.05) is 17.8 Å². The van der Waals surface area contributed by atoms with Crippen LogP contribution in [0.25, 0.3) is 0 Å². The molecule has 0 aliphatic carbocycles. The molecule has 2 aromatic carbocycles. The van der Waals surface area contributed by atoms with Crippen LogP contribution in [0, 0.1) is 0 Å². The lowest BCUT2D eigenvalue weighted by molar-refractivity contribution is -0.115. The molecule has 0 saturated carbocycles. The average molecular weight is 398 g/mol. The molecule has 2 N–H and O–H groups in total. The van der Waals surface area contributed by atoms with Crippen molar-refractivity contribution in [3.8, 4) is 0 Å². The summed E-state index contributed by atoms with van der Waals surface area (Å²) in [5.41, 5.74) is 1.03. The number of hydrogen-bond acceptors (Lipinski definition) is 5. The summed E-state index contributed by atoms with van der Waals surface area (Å²) in [6.45, 7) is 0. The van der Waals surface area contributed by atoms with Gasteiger partial charge in [0.1, 0.15) is 0 Å². The van der Waals surface area contributed by atoms with E-state index in [2.05, 4.69) is 10.6 Å². The zero-order valence-electron chi connectivity index (χ0n) is 14.8. The monoisotopic (exact) mass is 398 g/mol. The lowest BCUT2D eigenvalue weighted by atomic mass is 10.2. The van der Waals surface area contributed by atoms with Crippen molar-refractivity contribution in [3.05, 3.63) is 78.8 Å². The highest BCUT2D eigenvalue weighted by molar-refractivity contribution is 7.91. The first-order valence-corrected chi connectivity index (χ1v) is 10.1. The van der Waals surface area contributed by atoms with Crippen molar-refractivity contribution >= 4 is 33.0 Å². The predicted octanol–water partition coefficient (Wildman–Crippen LogP) is 3.33. The van der Waals surface area contributed by atoms with E-state index in [1.807, 2.05) is 0 Å². The number of rotatable bonds is 7. The van der Waals surface area contributed by atoms with Gasteiger partial charge >= 0.3 is 0 Å². The van der Waals surface area contributed by atoms with Crippen LogP contribution in [-0.2, 0) is 14.6 Å². The van der Waals surface area contributed by atoms with Crippen LogP contribution < -0.4 is 10.6 Å². The van der Waals surface area contributed by atoms with Gasteiger partial charge in [0.2, 0.25) is 5.91 Å². The fourth-order valence-electron chi connectivity index (χ4n) is 2.43. The molecule has 7 nitrogen and oxygen atoms in total. The molecule has 0 unspecified atom stereocenters. The summed E-state index contributed by atoms with van der Waals surface area (Å²) in [6.07, 6.45) is 1.25. The summed E-state index contributed by atoms with van der Waals surface area (Å²) in [5.74, 6) is -0.878. The van der Waals surface area contributed by atoms with Gasteiger partial charge in [-0.25, -0.2) is 8.42 Å². The molecule has 0 atom stereocenters. The fraction of sp³-hybridized carbons (Fsp3) is 0.100. The molecule has 0 aliphatic heterocycles. The van der Waals surface area contributed by atoms with E-state index in [9.17, 15) is 18.0 Å². The van der Waals surface area contributed by atoms with E-state index in [1.165, 1.54) is 18.4 Å². The van der Waals surface area contributed by atoms with E-state index >= 15 is 0 Å². The number of amides is 2. The highest BCUT2D eigenvalue weighted by Gasteiger charge is 2.16. The third kappa shape index (κ3) is 5.08. The van der Waals surface area contributed by atoms with Crippen molar-refractivity contribution in [3.63, 3.8) is 0 Å². The summed E-state index contributed by atoms with van der Waals surface area (Å²) < 4.78 is 29.4. The van der Waals surface area contributed by atoms with Crippen LogP contribution in [0.2, 0.25) is 0 Å². The molecule has 8 heteroatoms. The Labute approximate surface area is 162 Å². The van der Waals surface area contributed by atoms with Crippen LogP contribution in [0.3, 0.4) is 0 Å². The number of furan rings is 1. The molecule has 0 bridgehead atoms. The molecule has 1 aromatic heterocycles. The van der Waals surface area contributed by atoms with E-state index in [-0.39, 0.29) is 28.7 Å². The maximum absolute atomic E-state index is 12.2. The van der Waals surface area contributed by atoms with Crippen LogP contribution in [0.15, 0.2) is 82.3 Å². The van der Waals surface area contributed by atoms with Crippen LogP contribution >= 0.6 is 0 Å². The SMILES string of the molecule is O=C(CCS(=O)(=O)c1ccccc1)Nc1ccc(NC(=O)c2ccco2)cc1. The molecule has 28 heavy (non-hydrogen) atoms. The summed E-state index contributed by atoms with van der Waals surface area (Å²) in [7, 11) is -3.51. The second-order valence-corrected chi connectivity index (χ2v) is 8.05. The Hall–Kier alpha value is -3.39. The molecule has 2 amide bonds. The van der Waals surface area contributed by atoms with E-state index in [4.69, 9.17) is 4.42 Å². The molecule has 0 saturated heterocycles. The Balaban J connectivity index is 1.52. The molecule has 0 fully saturated rings. The fourth-order valence-corrected chi connectivity index (χ4v) is 3.70. The van der Waals surface area contributed by atoms with Gasteiger partial charge in [-0.2, -0.15) is 0 Å². The molecule has 1 heterocycles. The molecular weight excluding hydrogens is 380 g/mol. The number of hydrogen-bond donors (Lipinski definition) is 2. The highest BCUT2D eigenvalue weighted by atomic mass is 32.2. The third-order valence-corrected chi connectivity index (χ3v) is 5.60. The molecule has 3 aromatic rings. The Morgan fingerprint density at radius 1 is 0.821 bits per heavy atom. The number of nitrogens with one attached hydrogen (secondary N) is 2. The highest BCUT2D eigenvalue weighted by Crippen LogP contribution is 2.16. The first-order chi connectivity index (χ1) is 13.4. The summed E-state index contributed by atoms with van der Waals surface area (Å²) in [6, 6.07) is 17.6. The Morgan fingerprint density at radius 3 is 2.07 bits per heavy atom. The van der Waals surface area contributed by atoms with E-state index < -0.39 is 15.7 Å². The van der Waals surface area contributed by atoms with E-state index in [0.717, 1.165) is 0 Å². The van der Waals surface area contributed by atoms with E-state index in [1.54, 1.807) is 54.6 Å². The van der Waals surface area contributed by atoms with Crippen molar-refractivity contribution in [2.75, 3.05) is 16.4 Å². The minimum absolute atomic E-state index is 0.159. The molecule has 144 valence electrons. The smallest absolute Gasteiger partial charge is 0.291 e. The molecule has 0 radical (unpaired) electrons. The second kappa shape index (κ2) is 8.53. The van der Waals surface area contributed by atoms with Crippen LogP contribution in [-0.4, -0.2) is 26.0 Å². The second-order valence-electron chi connectivity index (χ2n) is 5.94. The van der Waals surface area contributed by atoms with Crippen molar-refractivity contribution in [1.29, 1.82) is 0 Å². The van der Waals surface area contributed by atoms with Gasteiger partial charge in [0.05, 0.1) is 16.9 Å². The number of benzene rings is 2. The molecule has 0 aliphatic rings. The number of sulfone groups is 1. The number of anilines is 2. The predicted molar refractivity (Wildman–Crippen MR) is 105 cm³/mol. The Kier molecular flexibility index (Phi) is 5.90. The lowest BCUT2D eigenvalue weighted by Gasteiger charge is -2.08. The zero-order valence-corrected chi connectivity index (χ0v) is 15.6. The van der Waals surface area contributed by atoms with Crippen molar-refractivity contribution in [2.24, 2.45) is 0 Å². The first kappa shape index (κ1) is 19.4. The van der Waals surface area contributed by atoms with E-state index in [0.29, 0.717) is 11.4 Å². The standard InChI is InChI=1S/C20H18N2O5S/c23-19(12-14-28(25,26)17-5-2-1-3-6-17)21-15-8-10-16(11-9-15)22-20(24)18-7-4-13-27-18/h1-11,13H,12,14H2,(H,21,23)(H,22,24). The van der Waals surface area contributed by atoms with Gasteiger partial charge in [-0.1, -0.05) is 18.2 Å². The largest absolute Gasteiger partial charge is 0.459 e. The quantitative estimate of drug-likeness (QED) is 0.635. The van der Waals surface area contributed by atoms with Gasteiger partial charge in [-0.3, -0.25) is 9.59 Å². The minimum atomic E-state index is -3.51. The molecule has 0 spiro atoms. The maximum atomic E-state index is 12.2. The molecular formula is C20H18N2O5S. The van der Waals surface area contributed by atoms with Crippen molar-refractivity contribution in [2.45, 2.75) is 11.3 Å².